The first-order valence-electron chi connectivity index (χ1n) is 6.30. The smallest absolute Gasteiger partial charge is 0.744 e. The van der Waals surface area contributed by atoms with Crippen LogP contribution in [0.15, 0.2) is 9.79 Å². The van der Waals surface area contributed by atoms with Crippen LogP contribution in [-0.2, 0) is 20.2 Å². The van der Waals surface area contributed by atoms with E-state index in [0.29, 0.717) is 0 Å². The van der Waals surface area contributed by atoms with Crippen molar-refractivity contribution in [3.8, 4) is 0 Å². The van der Waals surface area contributed by atoms with Gasteiger partial charge in [-0.15, -0.1) is 0 Å². The third kappa shape index (κ3) is 6.13. The molecule has 0 fully saturated rings. The Bertz CT molecular complexity index is 1090. The number of benzene rings is 2. The molecular formula is C12BaF10O6S2. The van der Waals surface area contributed by atoms with Crippen molar-refractivity contribution < 1.29 is 69.8 Å². The third-order valence-corrected chi connectivity index (χ3v) is 4.56. The number of halogens is 10. The Labute approximate surface area is 205 Å². The molecular weight excluding hydrogens is 632 g/mol. The quantitative estimate of drug-likeness (QED) is 0.165. The van der Waals surface area contributed by atoms with E-state index in [1.807, 2.05) is 0 Å². The van der Waals surface area contributed by atoms with E-state index in [1.165, 1.54) is 0 Å². The zero-order valence-electron chi connectivity index (χ0n) is 13.8. The van der Waals surface area contributed by atoms with Crippen LogP contribution in [0.25, 0.3) is 0 Å². The molecule has 168 valence electrons. The van der Waals surface area contributed by atoms with Gasteiger partial charge in [0.15, 0.2) is 46.5 Å². The molecule has 0 N–H and O–H groups in total. The summed E-state index contributed by atoms with van der Waals surface area (Å²) in [5.74, 6) is -25.7. The maximum atomic E-state index is 12.6. The summed E-state index contributed by atoms with van der Waals surface area (Å²) in [5.41, 5.74) is 0. The van der Waals surface area contributed by atoms with E-state index >= 15 is 0 Å². The van der Waals surface area contributed by atoms with Crippen LogP contribution < -0.4 is 0 Å². The van der Waals surface area contributed by atoms with Crippen molar-refractivity contribution in [2.24, 2.45) is 0 Å². The van der Waals surface area contributed by atoms with Crippen molar-refractivity contribution in [1.29, 1.82) is 0 Å². The van der Waals surface area contributed by atoms with Gasteiger partial charge in [0.2, 0.25) is 11.6 Å². The van der Waals surface area contributed by atoms with Crippen LogP contribution in [0.2, 0.25) is 0 Å². The second kappa shape index (κ2) is 10.4. The minimum absolute atomic E-state index is 0. The van der Waals surface area contributed by atoms with Gasteiger partial charge in [-0.3, -0.25) is 0 Å². The predicted octanol–water partition coefficient (Wildman–Crippen LogP) is 2.19. The number of rotatable bonds is 2. The molecule has 19 heteroatoms. The normalized spacial score (nSPS) is 11.5. The van der Waals surface area contributed by atoms with E-state index in [0.717, 1.165) is 0 Å². The van der Waals surface area contributed by atoms with Crippen molar-refractivity contribution in [2.45, 2.75) is 9.79 Å². The minimum atomic E-state index is -5.77. The maximum absolute atomic E-state index is 12.6. The largest absolute Gasteiger partial charge is 2.00 e. The molecule has 0 spiro atoms. The summed E-state index contributed by atoms with van der Waals surface area (Å²) in [6.45, 7) is 0. The molecule has 0 atom stereocenters. The third-order valence-electron chi connectivity index (χ3n) is 2.84. The van der Waals surface area contributed by atoms with Gasteiger partial charge in [-0.2, -0.15) is 0 Å². The van der Waals surface area contributed by atoms with Crippen LogP contribution in [0.3, 0.4) is 0 Å². The Kier molecular flexibility index (Phi) is 10.1. The van der Waals surface area contributed by atoms with E-state index in [9.17, 15) is 69.8 Å². The van der Waals surface area contributed by atoms with Gasteiger partial charge in [-0.25, -0.2) is 60.7 Å². The van der Waals surface area contributed by atoms with Gasteiger partial charge in [0, 0.05) is 0 Å². The Balaban J connectivity index is 0.000000562. The number of hydrogen-bond acceptors (Lipinski definition) is 6. The van der Waals surface area contributed by atoms with Crippen molar-refractivity contribution >= 4 is 69.1 Å². The fourth-order valence-corrected chi connectivity index (χ4v) is 2.84. The van der Waals surface area contributed by atoms with Crippen LogP contribution in [0.5, 0.6) is 0 Å². The van der Waals surface area contributed by atoms with Crippen LogP contribution >= 0.6 is 0 Å². The summed E-state index contributed by atoms with van der Waals surface area (Å²) in [5, 5.41) is 0. The van der Waals surface area contributed by atoms with Gasteiger partial charge >= 0.3 is 48.9 Å². The van der Waals surface area contributed by atoms with Crippen LogP contribution in [-0.4, -0.2) is 74.8 Å². The summed E-state index contributed by atoms with van der Waals surface area (Å²) in [4.78, 5) is -4.75. The monoisotopic (exact) mass is 632 g/mol. The molecule has 0 heterocycles. The van der Waals surface area contributed by atoms with Crippen molar-refractivity contribution in [3.63, 3.8) is 0 Å². The van der Waals surface area contributed by atoms with Crippen molar-refractivity contribution in [2.75, 3.05) is 0 Å². The molecule has 0 aliphatic carbocycles. The zero-order valence-corrected chi connectivity index (χ0v) is 19.8. The predicted molar refractivity (Wildman–Crippen MR) is 74.1 cm³/mol. The average molecular weight is 632 g/mol. The Hall–Kier alpha value is -0.869. The zero-order chi connectivity index (χ0) is 23.9. The average Bonchev–Trinajstić information content (AvgIpc) is 2.60. The first kappa shape index (κ1) is 30.1. The second-order valence-corrected chi connectivity index (χ2v) is 7.34. The molecule has 0 aliphatic rings. The molecule has 31 heavy (non-hydrogen) atoms. The second-order valence-electron chi connectivity index (χ2n) is 4.71. The first-order chi connectivity index (χ1) is 13.4. The van der Waals surface area contributed by atoms with Gasteiger partial charge in [-0.05, 0) is 0 Å². The molecule has 0 aromatic heterocycles. The minimum Gasteiger partial charge on any atom is -0.744 e. The molecule has 0 unspecified atom stereocenters. The summed E-state index contributed by atoms with van der Waals surface area (Å²) in [6.07, 6.45) is 0. The maximum Gasteiger partial charge on any atom is 2.00 e. The Morgan fingerprint density at radius 3 is 0.645 bits per heavy atom. The van der Waals surface area contributed by atoms with Gasteiger partial charge in [0.1, 0.15) is 30.0 Å². The summed E-state index contributed by atoms with van der Waals surface area (Å²) < 4.78 is 186. The molecule has 0 radical (unpaired) electrons. The standard InChI is InChI=1S/2C6HF5O3S.Ba/c2*7-1-2(8)4(10)6(15(12,13)14)5(11)3(1)9;/h2*(H,12,13,14);/q;;+2/p-2. The van der Waals surface area contributed by atoms with Gasteiger partial charge in [0.25, 0.3) is 0 Å². The van der Waals surface area contributed by atoms with E-state index in [1.54, 1.807) is 0 Å². The van der Waals surface area contributed by atoms with Gasteiger partial charge in [0.05, 0.1) is 0 Å². The SMILES string of the molecule is O=S(=O)([O-])c1c(F)c(F)c(F)c(F)c1F.O=S(=O)([O-])c1c(F)c(F)c(F)c(F)c1F.[Ba+2]. The molecule has 0 saturated carbocycles. The fourth-order valence-electron chi connectivity index (χ4n) is 1.61. The Morgan fingerprint density at radius 1 is 0.387 bits per heavy atom. The van der Waals surface area contributed by atoms with E-state index in [-0.39, 0.29) is 48.9 Å². The topological polar surface area (TPSA) is 114 Å². The van der Waals surface area contributed by atoms with E-state index < -0.39 is 88.2 Å². The van der Waals surface area contributed by atoms with Crippen molar-refractivity contribution in [1.82, 2.24) is 0 Å². The van der Waals surface area contributed by atoms with Crippen LogP contribution in [0.4, 0.5) is 43.9 Å². The number of hydrogen-bond donors (Lipinski definition) is 0. The summed E-state index contributed by atoms with van der Waals surface area (Å²) in [6, 6.07) is 0. The summed E-state index contributed by atoms with van der Waals surface area (Å²) in [7, 11) is -11.5. The fraction of sp³-hybridized carbons (Fsp3) is 0. The molecule has 2 aromatic rings. The van der Waals surface area contributed by atoms with E-state index in [4.69, 9.17) is 0 Å². The molecule has 6 nitrogen and oxygen atoms in total. The molecule has 0 aliphatic heterocycles. The van der Waals surface area contributed by atoms with Crippen molar-refractivity contribution in [3.05, 3.63) is 58.2 Å². The van der Waals surface area contributed by atoms with Crippen LogP contribution in [0.1, 0.15) is 0 Å². The molecule has 0 saturated heterocycles. The first-order valence-corrected chi connectivity index (χ1v) is 9.11. The molecule has 0 amide bonds. The summed E-state index contributed by atoms with van der Waals surface area (Å²) >= 11 is 0. The van der Waals surface area contributed by atoms with Gasteiger partial charge < -0.3 is 9.11 Å². The molecule has 2 rings (SSSR count). The Morgan fingerprint density at radius 2 is 0.516 bits per heavy atom. The van der Waals surface area contributed by atoms with Gasteiger partial charge in [-0.1, -0.05) is 0 Å². The van der Waals surface area contributed by atoms with Crippen LogP contribution in [0, 0.1) is 58.2 Å². The molecule has 0 bridgehead atoms. The van der Waals surface area contributed by atoms with E-state index in [2.05, 4.69) is 0 Å². The molecule has 2 aromatic carbocycles.